The highest BCUT2D eigenvalue weighted by molar-refractivity contribution is 9.10. The predicted molar refractivity (Wildman–Crippen MR) is 70.0 cm³/mol. The van der Waals surface area contributed by atoms with Gasteiger partial charge in [-0.15, -0.1) is 0 Å². The molecule has 1 N–H and O–H groups in total. The number of para-hydroxylation sites is 1. The Labute approximate surface area is 108 Å². The highest BCUT2D eigenvalue weighted by Gasteiger charge is 2.12. The molecule has 88 valence electrons. The minimum Gasteiger partial charge on any atom is -0.320 e. The zero-order valence-corrected chi connectivity index (χ0v) is 11.2. The second kappa shape index (κ2) is 4.71. The second-order valence-electron chi connectivity index (χ2n) is 3.73. The Balaban J connectivity index is 2.20. The number of hydrogen-bond acceptors (Lipinski definition) is 2. The molecule has 17 heavy (non-hydrogen) atoms. The van der Waals surface area contributed by atoms with E-state index in [1.807, 2.05) is 38.2 Å². The van der Waals surface area contributed by atoms with Gasteiger partial charge in [0.15, 0.2) is 5.69 Å². The third-order valence-electron chi connectivity index (χ3n) is 2.47. The number of carbonyl (C=O) groups is 1. The number of amides is 1. The maximum atomic E-state index is 11.9. The Kier molecular flexibility index (Phi) is 3.28. The summed E-state index contributed by atoms with van der Waals surface area (Å²) in [5.41, 5.74) is 2.10. The van der Waals surface area contributed by atoms with Crippen LogP contribution in [0.5, 0.6) is 0 Å². The molecule has 2 rings (SSSR count). The number of carbonyl (C=O) groups excluding carboxylic acids is 1. The number of aryl methyl sites for hydroxylation is 2. The van der Waals surface area contributed by atoms with Crippen LogP contribution in [0, 0.1) is 6.92 Å². The molecule has 0 unspecified atom stereocenters. The number of aromatic nitrogens is 2. The Morgan fingerprint density at radius 2 is 2.12 bits per heavy atom. The maximum Gasteiger partial charge on any atom is 0.276 e. The van der Waals surface area contributed by atoms with Crippen LogP contribution >= 0.6 is 15.9 Å². The van der Waals surface area contributed by atoms with Gasteiger partial charge in [-0.1, -0.05) is 12.1 Å². The first-order valence-electron chi connectivity index (χ1n) is 5.14. The van der Waals surface area contributed by atoms with E-state index >= 15 is 0 Å². The van der Waals surface area contributed by atoms with Crippen molar-refractivity contribution in [1.82, 2.24) is 9.78 Å². The summed E-state index contributed by atoms with van der Waals surface area (Å²) in [4.78, 5) is 11.9. The van der Waals surface area contributed by atoms with E-state index in [2.05, 4.69) is 26.3 Å². The van der Waals surface area contributed by atoms with Gasteiger partial charge >= 0.3 is 0 Å². The van der Waals surface area contributed by atoms with E-state index in [0.717, 1.165) is 15.9 Å². The molecule has 1 aromatic carbocycles. The molecule has 0 atom stereocenters. The zero-order chi connectivity index (χ0) is 12.4. The summed E-state index contributed by atoms with van der Waals surface area (Å²) in [6.07, 6.45) is 0. The second-order valence-corrected chi connectivity index (χ2v) is 4.58. The van der Waals surface area contributed by atoms with Crippen molar-refractivity contribution in [3.05, 3.63) is 46.2 Å². The van der Waals surface area contributed by atoms with Crippen LogP contribution in [0.25, 0.3) is 0 Å². The summed E-state index contributed by atoms with van der Waals surface area (Å²) in [7, 11) is 1.81. The van der Waals surface area contributed by atoms with Gasteiger partial charge < -0.3 is 5.32 Å². The molecule has 0 saturated carbocycles. The van der Waals surface area contributed by atoms with Crippen LogP contribution in [0.3, 0.4) is 0 Å². The molecule has 4 nitrogen and oxygen atoms in total. The molecule has 1 heterocycles. The topological polar surface area (TPSA) is 46.9 Å². The molecule has 1 amide bonds. The van der Waals surface area contributed by atoms with Crippen LogP contribution in [0.4, 0.5) is 5.69 Å². The molecule has 0 saturated heterocycles. The third kappa shape index (κ3) is 2.55. The monoisotopic (exact) mass is 293 g/mol. The summed E-state index contributed by atoms with van der Waals surface area (Å²) in [6, 6.07) is 9.22. The summed E-state index contributed by atoms with van der Waals surface area (Å²) in [5, 5.41) is 6.93. The highest BCUT2D eigenvalue weighted by atomic mass is 79.9. The van der Waals surface area contributed by atoms with E-state index in [9.17, 15) is 4.79 Å². The van der Waals surface area contributed by atoms with Gasteiger partial charge in [0.05, 0.1) is 5.69 Å². The van der Waals surface area contributed by atoms with E-state index < -0.39 is 0 Å². The number of benzene rings is 1. The Hall–Kier alpha value is -1.62. The van der Waals surface area contributed by atoms with E-state index in [1.165, 1.54) is 0 Å². The molecule has 1 aromatic heterocycles. The SMILES string of the molecule is Cc1cc(C(=O)Nc2ccccc2Br)nn1C. The zero-order valence-electron chi connectivity index (χ0n) is 9.57. The molecule has 0 fully saturated rings. The fraction of sp³-hybridized carbons (Fsp3) is 0.167. The van der Waals surface area contributed by atoms with Gasteiger partial charge in [-0.3, -0.25) is 9.48 Å². The summed E-state index contributed by atoms with van der Waals surface area (Å²) < 4.78 is 2.52. The molecule has 0 aliphatic heterocycles. The van der Waals surface area contributed by atoms with Crippen LogP contribution in [-0.4, -0.2) is 15.7 Å². The lowest BCUT2D eigenvalue weighted by Crippen LogP contribution is -2.13. The highest BCUT2D eigenvalue weighted by Crippen LogP contribution is 2.21. The average molecular weight is 294 g/mol. The van der Waals surface area contributed by atoms with Crippen molar-refractivity contribution in [2.45, 2.75) is 6.92 Å². The lowest BCUT2D eigenvalue weighted by Gasteiger charge is -2.04. The van der Waals surface area contributed by atoms with Crippen molar-refractivity contribution in [3.63, 3.8) is 0 Å². The third-order valence-corrected chi connectivity index (χ3v) is 3.16. The fourth-order valence-electron chi connectivity index (χ4n) is 1.42. The van der Waals surface area contributed by atoms with Gasteiger partial charge in [0.25, 0.3) is 5.91 Å². The van der Waals surface area contributed by atoms with E-state index in [-0.39, 0.29) is 5.91 Å². The molecule has 0 spiro atoms. The first-order chi connectivity index (χ1) is 8.08. The van der Waals surface area contributed by atoms with Crippen molar-refractivity contribution >= 4 is 27.5 Å². The smallest absolute Gasteiger partial charge is 0.276 e. The summed E-state index contributed by atoms with van der Waals surface area (Å²) >= 11 is 3.38. The van der Waals surface area contributed by atoms with Crippen molar-refractivity contribution in [2.75, 3.05) is 5.32 Å². The minimum absolute atomic E-state index is 0.208. The molecular weight excluding hydrogens is 282 g/mol. The first kappa shape index (κ1) is 11.9. The Morgan fingerprint density at radius 1 is 1.41 bits per heavy atom. The maximum absolute atomic E-state index is 11.9. The predicted octanol–water partition coefficient (Wildman–Crippen LogP) is 2.74. The molecule has 2 aromatic rings. The molecular formula is C12H12BrN3O. The van der Waals surface area contributed by atoms with Crippen LogP contribution in [0.2, 0.25) is 0 Å². The van der Waals surface area contributed by atoms with Crippen LogP contribution < -0.4 is 5.32 Å². The van der Waals surface area contributed by atoms with Crippen LogP contribution in [0.15, 0.2) is 34.8 Å². The Bertz CT molecular complexity index is 543. The number of hydrogen-bond donors (Lipinski definition) is 1. The van der Waals surface area contributed by atoms with Gasteiger partial charge in [-0.25, -0.2) is 0 Å². The van der Waals surface area contributed by atoms with Gasteiger partial charge in [-0.2, -0.15) is 5.10 Å². The quantitative estimate of drug-likeness (QED) is 0.925. The first-order valence-corrected chi connectivity index (χ1v) is 5.94. The lowest BCUT2D eigenvalue weighted by molar-refractivity contribution is 0.102. The van der Waals surface area contributed by atoms with Gasteiger partial charge in [0.1, 0.15) is 0 Å². The van der Waals surface area contributed by atoms with Crippen molar-refractivity contribution in [3.8, 4) is 0 Å². The van der Waals surface area contributed by atoms with Gasteiger partial charge in [0, 0.05) is 17.2 Å². The normalized spacial score (nSPS) is 10.3. The summed E-state index contributed by atoms with van der Waals surface area (Å²) in [6.45, 7) is 1.90. The number of nitrogens with zero attached hydrogens (tertiary/aromatic N) is 2. The van der Waals surface area contributed by atoms with Gasteiger partial charge in [-0.05, 0) is 41.1 Å². The minimum atomic E-state index is -0.208. The number of nitrogens with one attached hydrogen (secondary N) is 1. The largest absolute Gasteiger partial charge is 0.320 e. The Morgan fingerprint density at radius 3 is 2.71 bits per heavy atom. The molecule has 0 bridgehead atoms. The van der Waals surface area contributed by atoms with E-state index in [1.54, 1.807) is 10.7 Å². The van der Waals surface area contributed by atoms with Crippen molar-refractivity contribution in [1.29, 1.82) is 0 Å². The fourth-order valence-corrected chi connectivity index (χ4v) is 1.80. The number of rotatable bonds is 2. The number of halogens is 1. The summed E-state index contributed by atoms with van der Waals surface area (Å²) in [5.74, 6) is -0.208. The lowest BCUT2D eigenvalue weighted by atomic mass is 10.3. The van der Waals surface area contributed by atoms with Gasteiger partial charge in [0.2, 0.25) is 0 Å². The standard InChI is InChI=1S/C12H12BrN3O/c1-8-7-11(15-16(8)2)12(17)14-10-6-4-3-5-9(10)13/h3-7H,1-2H3,(H,14,17). The van der Waals surface area contributed by atoms with Crippen LogP contribution in [0.1, 0.15) is 16.2 Å². The van der Waals surface area contributed by atoms with Crippen molar-refractivity contribution in [2.24, 2.45) is 7.05 Å². The number of anilines is 1. The van der Waals surface area contributed by atoms with E-state index in [0.29, 0.717) is 5.69 Å². The van der Waals surface area contributed by atoms with Crippen LogP contribution in [-0.2, 0) is 7.05 Å². The molecule has 5 heteroatoms. The van der Waals surface area contributed by atoms with E-state index in [4.69, 9.17) is 0 Å². The average Bonchev–Trinajstić information content (AvgIpc) is 2.63. The molecule has 0 radical (unpaired) electrons. The molecule has 0 aliphatic rings. The van der Waals surface area contributed by atoms with Crippen molar-refractivity contribution < 1.29 is 4.79 Å². The molecule has 0 aliphatic carbocycles.